The number of aliphatic imine (C=N–C) groups is 1. The molecule has 0 saturated heterocycles. The van der Waals surface area contributed by atoms with E-state index >= 15 is 0 Å². The lowest BCUT2D eigenvalue weighted by molar-refractivity contribution is 0.183. The molecule has 64 heavy (non-hydrogen) atoms. The standard InChI is InChI=1S/C57H39N5O2/c1-35-26-41-12-6-8-16-51(41)62-64-55-24-22-39(30-47(35)55)44-27-45(40-21-23-54-48(31-40)49-32-42-13-5-7-15-50(42)61-57(49)63-54)29-46(28-44)53-33-52(37-10-3-2-4-11-37)59-56(60-53)38-19-17-36(18-20-38)43-14-9-25-58-34-43/h2-34,51,56,60,62H,1H2/b41-26-. The van der Waals surface area contributed by atoms with Crippen LogP contribution in [0.2, 0.25) is 0 Å². The third-order valence-corrected chi connectivity index (χ3v) is 12.2. The molecule has 0 spiro atoms. The lowest BCUT2D eigenvalue weighted by atomic mass is 9.91. The molecule has 3 aromatic heterocycles. The number of nitrogens with zero attached hydrogens (tertiary/aromatic N) is 3. The Morgan fingerprint density at radius 1 is 0.609 bits per heavy atom. The monoisotopic (exact) mass is 825 g/mol. The van der Waals surface area contributed by atoms with Crippen LogP contribution in [0.15, 0.2) is 222 Å². The lowest BCUT2D eigenvalue weighted by Crippen LogP contribution is -2.33. The zero-order valence-corrected chi connectivity index (χ0v) is 34.6. The molecular weight excluding hydrogens is 787 g/mol. The van der Waals surface area contributed by atoms with Gasteiger partial charge < -0.3 is 14.6 Å². The first kappa shape index (κ1) is 37.4. The maximum atomic E-state index is 6.33. The van der Waals surface area contributed by atoms with Crippen LogP contribution in [0.4, 0.5) is 0 Å². The number of benzene rings is 6. The van der Waals surface area contributed by atoms with E-state index in [1.165, 1.54) is 0 Å². The van der Waals surface area contributed by atoms with Crippen molar-refractivity contribution in [2.75, 3.05) is 0 Å². The molecule has 0 saturated carbocycles. The minimum atomic E-state index is -0.342. The number of hydrogen-bond donors (Lipinski definition) is 2. The second kappa shape index (κ2) is 15.5. The van der Waals surface area contributed by atoms with Gasteiger partial charge in [0.05, 0.1) is 17.3 Å². The fourth-order valence-electron chi connectivity index (χ4n) is 8.87. The van der Waals surface area contributed by atoms with Crippen molar-refractivity contribution in [3.05, 3.63) is 235 Å². The number of furan rings is 1. The number of nitrogens with one attached hydrogen (secondary N) is 2. The van der Waals surface area contributed by atoms with Gasteiger partial charge in [0.15, 0.2) is 5.75 Å². The van der Waals surface area contributed by atoms with Gasteiger partial charge in [-0.05, 0) is 134 Å². The van der Waals surface area contributed by atoms with Crippen LogP contribution < -0.4 is 15.6 Å². The Kier molecular flexibility index (Phi) is 9.06. The van der Waals surface area contributed by atoms with Crippen molar-refractivity contribution in [1.82, 2.24) is 20.8 Å². The van der Waals surface area contributed by atoms with E-state index in [0.29, 0.717) is 5.71 Å². The van der Waals surface area contributed by atoms with Crippen LogP contribution in [-0.4, -0.2) is 21.7 Å². The zero-order chi connectivity index (χ0) is 42.6. The summed E-state index contributed by atoms with van der Waals surface area (Å²) < 4.78 is 6.33. The summed E-state index contributed by atoms with van der Waals surface area (Å²) in [6.07, 6.45) is 15.9. The van der Waals surface area contributed by atoms with Gasteiger partial charge in [-0.15, -0.1) is 5.48 Å². The Balaban J connectivity index is 1.01. The highest BCUT2D eigenvalue weighted by atomic mass is 16.6. The normalized spacial score (nSPS) is 17.6. The van der Waals surface area contributed by atoms with E-state index < -0.39 is 0 Å². The summed E-state index contributed by atoms with van der Waals surface area (Å²) in [4.78, 5) is 20.7. The molecular formula is C57H39N5O2. The van der Waals surface area contributed by atoms with E-state index in [0.717, 1.165) is 111 Å². The molecule has 0 bridgehead atoms. The minimum Gasteiger partial charge on any atom is -0.438 e. The topological polar surface area (TPSA) is 84.6 Å². The second-order valence-corrected chi connectivity index (χ2v) is 16.3. The van der Waals surface area contributed by atoms with E-state index in [2.05, 4.69) is 162 Å². The van der Waals surface area contributed by atoms with Gasteiger partial charge in [-0.1, -0.05) is 122 Å². The molecule has 12 rings (SSSR count). The molecule has 9 aromatic rings. The third-order valence-electron chi connectivity index (χ3n) is 12.2. The van der Waals surface area contributed by atoms with Crippen LogP contribution in [0.1, 0.15) is 28.4 Å². The summed E-state index contributed by atoms with van der Waals surface area (Å²) in [6.45, 7) is 4.51. The molecule has 3 aliphatic rings. The quantitative estimate of drug-likeness (QED) is 0.174. The van der Waals surface area contributed by atoms with Crippen LogP contribution in [0.3, 0.4) is 0 Å². The van der Waals surface area contributed by atoms with Crippen LogP contribution in [-0.2, 0) is 0 Å². The van der Waals surface area contributed by atoms with Gasteiger partial charge in [0.25, 0.3) is 0 Å². The van der Waals surface area contributed by atoms with Gasteiger partial charge >= 0.3 is 0 Å². The molecule has 1 aliphatic carbocycles. The zero-order valence-electron chi connectivity index (χ0n) is 34.6. The van der Waals surface area contributed by atoms with Crippen molar-refractivity contribution < 1.29 is 9.25 Å². The number of hydroxylamine groups is 1. The number of pyridine rings is 2. The van der Waals surface area contributed by atoms with Crippen molar-refractivity contribution >= 4 is 50.0 Å². The molecule has 304 valence electrons. The van der Waals surface area contributed by atoms with Crippen LogP contribution in [0.25, 0.3) is 77.6 Å². The first-order valence-corrected chi connectivity index (χ1v) is 21.4. The fourth-order valence-corrected chi connectivity index (χ4v) is 8.87. The van der Waals surface area contributed by atoms with Crippen molar-refractivity contribution in [2.45, 2.75) is 12.2 Å². The largest absolute Gasteiger partial charge is 0.438 e. The van der Waals surface area contributed by atoms with Gasteiger partial charge in [0.2, 0.25) is 5.71 Å². The average molecular weight is 826 g/mol. The maximum absolute atomic E-state index is 6.33. The summed E-state index contributed by atoms with van der Waals surface area (Å²) in [5.41, 5.74) is 19.8. The molecule has 2 N–H and O–H groups in total. The number of rotatable bonds is 6. The summed E-state index contributed by atoms with van der Waals surface area (Å²) >= 11 is 0. The molecule has 2 atom stereocenters. The average Bonchev–Trinajstić information content (AvgIpc) is 3.71. The Bertz CT molecular complexity index is 3490. The third kappa shape index (κ3) is 6.90. The number of fused-ring (bicyclic) bond motifs is 6. The first-order chi connectivity index (χ1) is 31.6. The molecule has 0 fully saturated rings. The highest BCUT2D eigenvalue weighted by Gasteiger charge is 2.23. The first-order valence-electron chi connectivity index (χ1n) is 21.4. The van der Waals surface area contributed by atoms with Gasteiger partial charge in [0.1, 0.15) is 11.7 Å². The van der Waals surface area contributed by atoms with Crippen LogP contribution >= 0.6 is 0 Å². The Morgan fingerprint density at radius 3 is 2.25 bits per heavy atom. The van der Waals surface area contributed by atoms with E-state index in [4.69, 9.17) is 19.2 Å². The number of para-hydroxylation sites is 1. The predicted octanol–water partition coefficient (Wildman–Crippen LogP) is 13.0. The van der Waals surface area contributed by atoms with Gasteiger partial charge in [-0.3, -0.25) is 9.98 Å². The summed E-state index contributed by atoms with van der Waals surface area (Å²) in [6, 6.07) is 52.8. The summed E-state index contributed by atoms with van der Waals surface area (Å²) in [7, 11) is 0. The predicted molar refractivity (Wildman–Crippen MR) is 259 cm³/mol. The van der Waals surface area contributed by atoms with E-state index in [9.17, 15) is 0 Å². The molecule has 7 heteroatoms. The minimum absolute atomic E-state index is 0.0588. The van der Waals surface area contributed by atoms with Crippen molar-refractivity contribution in [3.8, 4) is 39.1 Å². The molecule has 2 aliphatic heterocycles. The number of aromatic nitrogens is 2. The molecule has 2 unspecified atom stereocenters. The molecule has 5 heterocycles. The molecule has 6 aromatic carbocycles. The summed E-state index contributed by atoms with van der Waals surface area (Å²) in [5.74, 6) is 0.722. The summed E-state index contributed by atoms with van der Waals surface area (Å²) in [5, 5.41) is 6.91. The Hall–Kier alpha value is -8.39. The van der Waals surface area contributed by atoms with E-state index in [-0.39, 0.29) is 12.2 Å². The van der Waals surface area contributed by atoms with E-state index in [1.807, 2.05) is 54.7 Å². The highest BCUT2D eigenvalue weighted by Crippen LogP contribution is 2.40. The fraction of sp³-hybridized carbons (Fsp3) is 0.0351. The smallest absolute Gasteiger partial charge is 0.227 e. The Labute approximate surface area is 369 Å². The van der Waals surface area contributed by atoms with Gasteiger partial charge in [-0.25, -0.2) is 4.98 Å². The van der Waals surface area contributed by atoms with Crippen LogP contribution in [0, 0.1) is 0 Å². The van der Waals surface area contributed by atoms with Crippen molar-refractivity contribution in [1.29, 1.82) is 0 Å². The van der Waals surface area contributed by atoms with E-state index in [1.54, 1.807) is 6.20 Å². The molecule has 7 nitrogen and oxygen atoms in total. The number of hydrogen-bond acceptors (Lipinski definition) is 7. The van der Waals surface area contributed by atoms with Crippen molar-refractivity contribution in [2.24, 2.45) is 4.99 Å². The SMILES string of the molecule is C=C1/C=C2/C=CC=CC2NOc2ccc(-c3cc(C4=CC(c5ccccc5)=NC(c5ccc(-c6cccnc6)cc5)N4)cc(-c4ccc5oc6nc7ccccc7cc6c5c4)c3)cc21. The lowest BCUT2D eigenvalue weighted by Gasteiger charge is -2.26. The van der Waals surface area contributed by atoms with Crippen LogP contribution in [0.5, 0.6) is 5.75 Å². The van der Waals surface area contributed by atoms with Crippen molar-refractivity contribution in [3.63, 3.8) is 0 Å². The molecule has 0 radical (unpaired) electrons. The molecule has 0 amide bonds. The second-order valence-electron chi connectivity index (χ2n) is 16.3. The highest BCUT2D eigenvalue weighted by molar-refractivity contribution is 6.13. The number of allylic oxidation sites excluding steroid dienone is 5. The maximum Gasteiger partial charge on any atom is 0.227 e. The van der Waals surface area contributed by atoms with Gasteiger partial charge in [-0.2, -0.15) is 0 Å². The Morgan fingerprint density at radius 2 is 1.39 bits per heavy atom. The van der Waals surface area contributed by atoms with Gasteiger partial charge in [0, 0.05) is 39.8 Å².